The Morgan fingerprint density at radius 3 is 2.90 bits per heavy atom. The van der Waals surface area contributed by atoms with E-state index >= 15 is 0 Å². The number of piperazine rings is 1. The third kappa shape index (κ3) is 4.84. The molecule has 1 fully saturated rings. The highest BCUT2D eigenvalue weighted by Crippen LogP contribution is 2.26. The zero-order valence-corrected chi connectivity index (χ0v) is 13.5. The largest absolute Gasteiger partial charge is 0.434 e. The van der Waals surface area contributed by atoms with Crippen LogP contribution in [0.3, 0.4) is 0 Å². The molecule has 1 atom stereocenters. The van der Waals surface area contributed by atoms with Crippen LogP contribution in [0, 0.1) is 0 Å². The second kappa shape index (κ2) is 8.12. The molecule has 2 rings (SSSR count). The number of rotatable bonds is 4. The van der Waals surface area contributed by atoms with Crippen LogP contribution in [-0.4, -0.2) is 37.2 Å². The number of ether oxygens (including phenoxy) is 1. The Morgan fingerprint density at radius 2 is 2.25 bits per heavy atom. The van der Waals surface area contributed by atoms with Gasteiger partial charge >= 0.3 is 6.61 Å². The van der Waals surface area contributed by atoms with Crippen LogP contribution in [0.2, 0.25) is 0 Å². The minimum atomic E-state index is -2.79. The molecule has 0 amide bonds. The van der Waals surface area contributed by atoms with Gasteiger partial charge in [0.05, 0.1) is 0 Å². The van der Waals surface area contributed by atoms with Crippen LogP contribution in [0.15, 0.2) is 22.7 Å². The van der Waals surface area contributed by atoms with Gasteiger partial charge in [-0.15, -0.1) is 12.4 Å². The van der Waals surface area contributed by atoms with Crippen LogP contribution in [-0.2, 0) is 6.54 Å². The lowest BCUT2D eigenvalue weighted by Gasteiger charge is -2.34. The van der Waals surface area contributed by atoms with E-state index in [0.29, 0.717) is 12.6 Å². The highest BCUT2D eigenvalue weighted by atomic mass is 79.9. The summed E-state index contributed by atoms with van der Waals surface area (Å²) in [5, 5.41) is 3.31. The molecule has 0 aromatic heterocycles. The lowest BCUT2D eigenvalue weighted by Crippen LogP contribution is -2.49. The minimum Gasteiger partial charge on any atom is -0.434 e. The monoisotopic (exact) mass is 370 g/mol. The predicted molar refractivity (Wildman–Crippen MR) is 80.8 cm³/mol. The van der Waals surface area contributed by atoms with E-state index in [-0.39, 0.29) is 18.2 Å². The van der Waals surface area contributed by atoms with Crippen molar-refractivity contribution in [3.63, 3.8) is 0 Å². The molecule has 1 N–H and O–H groups in total. The zero-order chi connectivity index (χ0) is 13.8. The quantitative estimate of drug-likeness (QED) is 0.879. The molecule has 1 aromatic carbocycles. The molecule has 1 aliphatic heterocycles. The molecule has 1 saturated heterocycles. The molecule has 1 heterocycles. The normalized spacial score (nSPS) is 19.8. The fraction of sp³-hybridized carbons (Fsp3) is 0.538. The van der Waals surface area contributed by atoms with Gasteiger partial charge in [-0.3, -0.25) is 4.90 Å². The van der Waals surface area contributed by atoms with E-state index in [1.165, 1.54) is 0 Å². The van der Waals surface area contributed by atoms with Crippen LogP contribution in [0.4, 0.5) is 8.78 Å². The number of alkyl halides is 2. The van der Waals surface area contributed by atoms with Gasteiger partial charge in [0.15, 0.2) is 0 Å². The second-order valence-electron chi connectivity index (χ2n) is 4.65. The lowest BCUT2D eigenvalue weighted by molar-refractivity contribution is -0.0509. The molecule has 0 aliphatic carbocycles. The summed E-state index contributed by atoms with van der Waals surface area (Å²) in [7, 11) is 0. The van der Waals surface area contributed by atoms with Crippen LogP contribution in [0.25, 0.3) is 0 Å². The Morgan fingerprint density at radius 1 is 1.50 bits per heavy atom. The standard InChI is InChI=1S/C13H17BrF2N2O.ClH/c1-9-7-17-4-5-18(9)8-10-6-11(14)2-3-12(10)19-13(15)16;/h2-3,6,9,13,17H,4-5,7-8H2,1H3;1H/t9-;/m0./s1. The average Bonchev–Trinajstić information content (AvgIpc) is 2.35. The van der Waals surface area contributed by atoms with Crippen molar-refractivity contribution in [1.29, 1.82) is 0 Å². The summed E-state index contributed by atoms with van der Waals surface area (Å²) in [5.41, 5.74) is 0.781. The number of nitrogens with zero attached hydrogens (tertiary/aromatic N) is 1. The van der Waals surface area contributed by atoms with Crippen molar-refractivity contribution in [2.24, 2.45) is 0 Å². The van der Waals surface area contributed by atoms with Crippen LogP contribution < -0.4 is 10.1 Å². The van der Waals surface area contributed by atoms with Crippen LogP contribution >= 0.6 is 28.3 Å². The Kier molecular flexibility index (Phi) is 7.15. The van der Waals surface area contributed by atoms with Gasteiger partial charge in [0.25, 0.3) is 0 Å². The summed E-state index contributed by atoms with van der Waals surface area (Å²) >= 11 is 3.37. The van der Waals surface area contributed by atoms with Crippen molar-refractivity contribution in [3.8, 4) is 5.75 Å². The van der Waals surface area contributed by atoms with E-state index in [2.05, 4.69) is 37.8 Å². The van der Waals surface area contributed by atoms with E-state index in [1.54, 1.807) is 12.1 Å². The Bertz CT molecular complexity index is 437. The van der Waals surface area contributed by atoms with Gasteiger partial charge in [-0.1, -0.05) is 15.9 Å². The maximum absolute atomic E-state index is 12.4. The number of halogens is 4. The molecule has 0 saturated carbocycles. The zero-order valence-electron chi connectivity index (χ0n) is 11.1. The molecule has 0 unspecified atom stereocenters. The van der Waals surface area contributed by atoms with Gasteiger partial charge in [-0.2, -0.15) is 8.78 Å². The first-order valence-electron chi connectivity index (χ1n) is 6.24. The molecule has 1 aliphatic rings. The van der Waals surface area contributed by atoms with Crippen molar-refractivity contribution in [3.05, 3.63) is 28.2 Å². The van der Waals surface area contributed by atoms with Crippen LogP contribution in [0.5, 0.6) is 5.75 Å². The van der Waals surface area contributed by atoms with Crippen molar-refractivity contribution in [2.75, 3.05) is 19.6 Å². The van der Waals surface area contributed by atoms with E-state index in [1.807, 2.05) is 6.07 Å². The first kappa shape index (κ1) is 17.6. The molecule has 20 heavy (non-hydrogen) atoms. The lowest BCUT2D eigenvalue weighted by atomic mass is 10.1. The summed E-state index contributed by atoms with van der Waals surface area (Å²) in [6.07, 6.45) is 0. The van der Waals surface area contributed by atoms with Gasteiger partial charge < -0.3 is 10.1 Å². The molecular weight excluding hydrogens is 354 g/mol. The summed E-state index contributed by atoms with van der Waals surface area (Å²) < 4.78 is 30.2. The Hall–Kier alpha value is -0.430. The minimum absolute atomic E-state index is 0. The predicted octanol–water partition coefficient (Wildman–Crippen LogP) is 3.27. The first-order valence-corrected chi connectivity index (χ1v) is 7.03. The maximum Gasteiger partial charge on any atom is 0.387 e. The molecule has 0 bridgehead atoms. The van der Waals surface area contributed by atoms with E-state index in [0.717, 1.165) is 29.7 Å². The highest BCUT2D eigenvalue weighted by Gasteiger charge is 2.20. The number of hydrogen-bond acceptors (Lipinski definition) is 3. The molecule has 1 aromatic rings. The molecule has 114 valence electrons. The summed E-state index contributed by atoms with van der Waals surface area (Å²) in [4.78, 5) is 2.26. The van der Waals surface area contributed by atoms with Gasteiger partial charge in [0.1, 0.15) is 5.75 Å². The first-order chi connectivity index (χ1) is 9.06. The van der Waals surface area contributed by atoms with Crippen LogP contribution in [0.1, 0.15) is 12.5 Å². The van der Waals surface area contributed by atoms with Gasteiger partial charge in [-0.25, -0.2) is 0 Å². The van der Waals surface area contributed by atoms with E-state index < -0.39 is 6.61 Å². The van der Waals surface area contributed by atoms with Crippen molar-refractivity contribution in [1.82, 2.24) is 10.2 Å². The molecule has 0 spiro atoms. The van der Waals surface area contributed by atoms with E-state index in [9.17, 15) is 8.78 Å². The van der Waals surface area contributed by atoms with Crippen molar-refractivity contribution < 1.29 is 13.5 Å². The third-order valence-electron chi connectivity index (χ3n) is 3.25. The third-order valence-corrected chi connectivity index (χ3v) is 3.74. The fourth-order valence-corrected chi connectivity index (χ4v) is 2.63. The summed E-state index contributed by atoms with van der Waals surface area (Å²) in [6, 6.07) is 5.51. The second-order valence-corrected chi connectivity index (χ2v) is 5.57. The van der Waals surface area contributed by atoms with Gasteiger partial charge in [0, 0.05) is 42.3 Å². The fourth-order valence-electron chi connectivity index (χ4n) is 2.22. The summed E-state index contributed by atoms with van der Waals surface area (Å²) in [6.45, 7) is 2.69. The SMILES string of the molecule is C[C@H]1CNCCN1Cc1cc(Br)ccc1OC(F)F.Cl. The molecule has 3 nitrogen and oxygen atoms in total. The highest BCUT2D eigenvalue weighted by molar-refractivity contribution is 9.10. The number of hydrogen-bond donors (Lipinski definition) is 1. The molecular formula is C13H18BrClF2N2O. The van der Waals surface area contributed by atoms with Crippen molar-refractivity contribution in [2.45, 2.75) is 26.1 Å². The maximum atomic E-state index is 12.4. The van der Waals surface area contributed by atoms with Gasteiger partial charge in [-0.05, 0) is 25.1 Å². The Labute approximate surface area is 132 Å². The topological polar surface area (TPSA) is 24.5 Å². The number of nitrogens with one attached hydrogen (secondary N) is 1. The Balaban J connectivity index is 0.00000200. The molecule has 7 heteroatoms. The summed E-state index contributed by atoms with van der Waals surface area (Å²) in [5.74, 6) is 0.254. The average molecular weight is 372 g/mol. The van der Waals surface area contributed by atoms with E-state index in [4.69, 9.17) is 0 Å². The number of benzene rings is 1. The molecule has 0 radical (unpaired) electrons. The van der Waals surface area contributed by atoms with Gasteiger partial charge in [0.2, 0.25) is 0 Å². The smallest absolute Gasteiger partial charge is 0.387 e. The van der Waals surface area contributed by atoms with Crippen molar-refractivity contribution >= 4 is 28.3 Å².